The van der Waals surface area contributed by atoms with Crippen LogP contribution in [0.3, 0.4) is 0 Å². The molecule has 1 aliphatic heterocycles. The van der Waals surface area contributed by atoms with Gasteiger partial charge in [-0.1, -0.05) is 0 Å². The van der Waals surface area contributed by atoms with Crippen molar-refractivity contribution in [2.45, 2.75) is 25.8 Å². The molecule has 5 heteroatoms. The zero-order chi connectivity index (χ0) is 11.4. The Bertz CT molecular complexity index is 340. The molecule has 0 spiro atoms. The third-order valence-electron chi connectivity index (χ3n) is 3.00. The van der Waals surface area contributed by atoms with Crippen LogP contribution in [0.25, 0.3) is 0 Å². The topological polar surface area (TPSA) is 53.4 Å². The number of rotatable bonds is 5. The number of carboxylic acid groups (broad SMARTS) is 1. The minimum atomic E-state index is -0.680. The summed E-state index contributed by atoms with van der Waals surface area (Å²) in [4.78, 5) is 18.2. The van der Waals surface area contributed by atoms with Gasteiger partial charge >= 0.3 is 5.97 Å². The number of aliphatic carboxylic acids is 1. The van der Waals surface area contributed by atoms with E-state index in [1.807, 2.05) is 11.7 Å². The molecule has 1 atom stereocenters. The number of hydrogen-bond donors (Lipinski definition) is 1. The van der Waals surface area contributed by atoms with Gasteiger partial charge in [0.05, 0.1) is 5.51 Å². The monoisotopic (exact) mass is 240 g/mol. The summed E-state index contributed by atoms with van der Waals surface area (Å²) in [5, 5.41) is 8.63. The smallest absolute Gasteiger partial charge is 0.303 e. The van der Waals surface area contributed by atoms with Crippen molar-refractivity contribution < 1.29 is 9.90 Å². The molecule has 88 valence electrons. The number of likely N-dealkylation sites (tertiary alicyclic amines) is 1. The lowest BCUT2D eigenvalue weighted by Crippen LogP contribution is -2.19. The van der Waals surface area contributed by atoms with E-state index in [0.717, 1.165) is 32.5 Å². The molecule has 1 fully saturated rings. The lowest BCUT2D eigenvalue weighted by atomic mass is 10.0. The lowest BCUT2D eigenvalue weighted by molar-refractivity contribution is -0.137. The van der Waals surface area contributed by atoms with Gasteiger partial charge in [0.25, 0.3) is 0 Å². The fourth-order valence-electron chi connectivity index (χ4n) is 2.16. The average molecular weight is 240 g/mol. The summed E-state index contributed by atoms with van der Waals surface area (Å²) < 4.78 is 0. The van der Waals surface area contributed by atoms with Crippen molar-refractivity contribution in [3.63, 3.8) is 0 Å². The molecule has 1 saturated heterocycles. The van der Waals surface area contributed by atoms with E-state index < -0.39 is 5.97 Å². The largest absolute Gasteiger partial charge is 0.481 e. The summed E-state index contributed by atoms with van der Waals surface area (Å²) in [5.41, 5.74) is 1.85. The molecule has 1 aromatic heterocycles. The first-order valence-electron chi connectivity index (χ1n) is 5.55. The Balaban J connectivity index is 1.73. The van der Waals surface area contributed by atoms with E-state index in [9.17, 15) is 4.79 Å². The van der Waals surface area contributed by atoms with Gasteiger partial charge < -0.3 is 5.11 Å². The van der Waals surface area contributed by atoms with Crippen molar-refractivity contribution in [2.24, 2.45) is 5.92 Å². The summed E-state index contributed by atoms with van der Waals surface area (Å²) in [6, 6.07) is 0. The normalized spacial score (nSPS) is 21.4. The predicted molar refractivity (Wildman–Crippen MR) is 62.4 cm³/mol. The van der Waals surface area contributed by atoms with E-state index in [1.165, 1.54) is 4.88 Å². The molecule has 2 rings (SSSR count). The summed E-state index contributed by atoms with van der Waals surface area (Å²) in [5.74, 6) is -0.120. The molecule has 1 unspecified atom stereocenters. The van der Waals surface area contributed by atoms with E-state index in [0.29, 0.717) is 12.3 Å². The number of hydrogen-bond acceptors (Lipinski definition) is 4. The van der Waals surface area contributed by atoms with Crippen LogP contribution in [0.15, 0.2) is 11.7 Å². The van der Waals surface area contributed by atoms with Crippen LogP contribution in [0.2, 0.25) is 0 Å². The number of aromatic nitrogens is 1. The number of nitrogens with zero attached hydrogens (tertiary/aromatic N) is 2. The molecule has 0 radical (unpaired) electrons. The van der Waals surface area contributed by atoms with Crippen LogP contribution in [0.1, 0.15) is 24.1 Å². The van der Waals surface area contributed by atoms with Crippen molar-refractivity contribution in [1.29, 1.82) is 0 Å². The summed E-state index contributed by atoms with van der Waals surface area (Å²) >= 11 is 1.68. The SMILES string of the molecule is O=C(O)CCC1CCN(Cc2cncs2)C1. The fraction of sp³-hybridized carbons (Fsp3) is 0.636. The molecule has 0 aromatic carbocycles. The Morgan fingerprint density at radius 2 is 2.56 bits per heavy atom. The Morgan fingerprint density at radius 3 is 3.25 bits per heavy atom. The minimum Gasteiger partial charge on any atom is -0.481 e. The third-order valence-corrected chi connectivity index (χ3v) is 3.76. The molecule has 1 aromatic rings. The highest BCUT2D eigenvalue weighted by Crippen LogP contribution is 2.23. The van der Waals surface area contributed by atoms with Gasteiger partial charge in [-0.15, -0.1) is 11.3 Å². The number of thiazole rings is 1. The first-order chi connectivity index (χ1) is 7.74. The molecule has 0 bridgehead atoms. The second-order valence-corrected chi connectivity index (χ2v) is 5.26. The first-order valence-corrected chi connectivity index (χ1v) is 6.43. The van der Waals surface area contributed by atoms with Crippen LogP contribution >= 0.6 is 11.3 Å². The minimum absolute atomic E-state index is 0.305. The van der Waals surface area contributed by atoms with Crippen molar-refractivity contribution in [3.8, 4) is 0 Å². The van der Waals surface area contributed by atoms with Gasteiger partial charge in [-0.05, 0) is 25.3 Å². The van der Waals surface area contributed by atoms with Gasteiger partial charge in [-0.25, -0.2) is 0 Å². The lowest BCUT2D eigenvalue weighted by Gasteiger charge is -2.14. The summed E-state index contributed by atoms with van der Waals surface area (Å²) in [6.45, 7) is 3.08. The predicted octanol–water partition coefficient (Wildman–Crippen LogP) is 1.83. The second-order valence-electron chi connectivity index (χ2n) is 4.29. The van der Waals surface area contributed by atoms with Crippen molar-refractivity contribution >= 4 is 17.3 Å². The zero-order valence-electron chi connectivity index (χ0n) is 9.13. The molecule has 0 aliphatic carbocycles. The molecule has 1 aliphatic rings. The molecular weight excluding hydrogens is 224 g/mol. The quantitative estimate of drug-likeness (QED) is 0.853. The molecule has 1 N–H and O–H groups in total. The third kappa shape index (κ3) is 3.28. The van der Waals surface area contributed by atoms with Crippen molar-refractivity contribution in [1.82, 2.24) is 9.88 Å². The summed E-state index contributed by atoms with van der Waals surface area (Å²) in [6.07, 6.45) is 4.16. The molecule has 4 nitrogen and oxygen atoms in total. The Hall–Kier alpha value is -0.940. The molecular formula is C11H16N2O2S. The maximum atomic E-state index is 10.5. The van der Waals surface area contributed by atoms with Crippen molar-refractivity contribution in [2.75, 3.05) is 13.1 Å². The van der Waals surface area contributed by atoms with Crippen LogP contribution < -0.4 is 0 Å². The number of carboxylic acids is 1. The van der Waals surface area contributed by atoms with E-state index in [2.05, 4.69) is 9.88 Å². The van der Waals surface area contributed by atoms with Gasteiger partial charge in [-0.3, -0.25) is 14.7 Å². The Morgan fingerprint density at radius 1 is 1.69 bits per heavy atom. The molecule has 0 saturated carbocycles. The zero-order valence-corrected chi connectivity index (χ0v) is 9.95. The maximum absolute atomic E-state index is 10.5. The maximum Gasteiger partial charge on any atom is 0.303 e. The van der Waals surface area contributed by atoms with E-state index >= 15 is 0 Å². The van der Waals surface area contributed by atoms with Crippen molar-refractivity contribution in [3.05, 3.63) is 16.6 Å². The summed E-state index contributed by atoms with van der Waals surface area (Å²) in [7, 11) is 0. The second kappa shape index (κ2) is 5.41. The first kappa shape index (κ1) is 11.5. The molecule has 0 amide bonds. The molecule has 16 heavy (non-hydrogen) atoms. The Kier molecular flexibility index (Phi) is 3.90. The van der Waals surface area contributed by atoms with Gasteiger partial charge in [0, 0.05) is 30.6 Å². The van der Waals surface area contributed by atoms with Crippen LogP contribution in [0.4, 0.5) is 0 Å². The Labute approximate surface area is 98.9 Å². The van der Waals surface area contributed by atoms with Gasteiger partial charge in [0.15, 0.2) is 0 Å². The number of carbonyl (C=O) groups is 1. The fourth-order valence-corrected chi connectivity index (χ4v) is 2.80. The van der Waals surface area contributed by atoms with Gasteiger partial charge in [0.2, 0.25) is 0 Å². The highest BCUT2D eigenvalue weighted by atomic mass is 32.1. The molecule has 2 heterocycles. The standard InChI is InChI=1S/C11H16N2O2S/c14-11(15)2-1-9-3-4-13(6-9)7-10-5-12-8-16-10/h5,8-9H,1-4,6-7H2,(H,14,15). The highest BCUT2D eigenvalue weighted by Gasteiger charge is 2.22. The van der Waals surface area contributed by atoms with Crippen LogP contribution in [-0.4, -0.2) is 34.0 Å². The van der Waals surface area contributed by atoms with Gasteiger partial charge in [-0.2, -0.15) is 0 Å². The average Bonchev–Trinajstić information content (AvgIpc) is 2.87. The highest BCUT2D eigenvalue weighted by molar-refractivity contribution is 7.09. The van der Waals surface area contributed by atoms with Gasteiger partial charge in [0.1, 0.15) is 0 Å². The van der Waals surface area contributed by atoms with E-state index in [4.69, 9.17) is 5.11 Å². The van der Waals surface area contributed by atoms with Crippen LogP contribution in [-0.2, 0) is 11.3 Å². The van der Waals surface area contributed by atoms with Crippen LogP contribution in [0, 0.1) is 5.92 Å². The van der Waals surface area contributed by atoms with Crippen LogP contribution in [0.5, 0.6) is 0 Å². The van der Waals surface area contributed by atoms with E-state index in [1.54, 1.807) is 11.3 Å². The van der Waals surface area contributed by atoms with E-state index in [-0.39, 0.29) is 0 Å².